The fraction of sp³-hybridized carbons (Fsp3) is 0.562. The van der Waals surface area contributed by atoms with Crippen molar-refractivity contribution in [2.75, 3.05) is 11.1 Å². The van der Waals surface area contributed by atoms with Crippen LogP contribution < -0.4 is 5.32 Å². The molecule has 1 spiro atoms. The van der Waals surface area contributed by atoms with Crippen LogP contribution in [0.2, 0.25) is 0 Å². The summed E-state index contributed by atoms with van der Waals surface area (Å²) >= 11 is 5.53. The summed E-state index contributed by atoms with van der Waals surface area (Å²) in [5.41, 5.74) is 2.59. The highest BCUT2D eigenvalue weighted by Crippen LogP contribution is 2.42. The van der Waals surface area contributed by atoms with Crippen molar-refractivity contribution >= 4 is 38.5 Å². The van der Waals surface area contributed by atoms with Crippen molar-refractivity contribution in [3.8, 4) is 0 Å². The molecule has 2 aliphatic rings. The molecule has 4 heteroatoms. The highest BCUT2D eigenvalue weighted by molar-refractivity contribution is 9.10. The molecule has 1 aromatic rings. The zero-order chi connectivity index (χ0) is 14.2. The third-order valence-corrected chi connectivity index (χ3v) is 6.66. The number of thioether (sulfide) groups is 1. The minimum atomic E-state index is 0.218. The molecular formula is C16H21BrN2S. The SMILES string of the molecule is Cc1cccc(NC2=NC3(CCC(C)CC3)CS2)c1Br. The van der Waals surface area contributed by atoms with E-state index in [1.54, 1.807) is 0 Å². The lowest BCUT2D eigenvalue weighted by atomic mass is 9.79. The Morgan fingerprint density at radius 1 is 1.35 bits per heavy atom. The topological polar surface area (TPSA) is 24.4 Å². The largest absolute Gasteiger partial charge is 0.334 e. The monoisotopic (exact) mass is 352 g/mol. The zero-order valence-corrected chi connectivity index (χ0v) is 14.5. The standard InChI is InChI=1S/C16H21BrN2S/c1-11-6-8-16(9-7-11)10-20-15(19-16)18-13-5-3-4-12(2)14(13)17/h3-5,11H,6-10H2,1-2H3,(H,18,19). The van der Waals surface area contributed by atoms with E-state index in [1.807, 2.05) is 11.8 Å². The molecule has 1 saturated carbocycles. The van der Waals surface area contributed by atoms with Gasteiger partial charge in [0.05, 0.1) is 11.2 Å². The van der Waals surface area contributed by atoms with Gasteiger partial charge >= 0.3 is 0 Å². The van der Waals surface area contributed by atoms with Crippen molar-refractivity contribution in [2.45, 2.75) is 45.1 Å². The number of hydrogen-bond acceptors (Lipinski definition) is 3. The summed E-state index contributed by atoms with van der Waals surface area (Å²) in [6, 6.07) is 6.30. The quantitative estimate of drug-likeness (QED) is 0.748. The van der Waals surface area contributed by atoms with Gasteiger partial charge in [0.25, 0.3) is 0 Å². The van der Waals surface area contributed by atoms with Crippen LogP contribution in [-0.2, 0) is 0 Å². The number of benzene rings is 1. The van der Waals surface area contributed by atoms with Gasteiger partial charge in [-0.05, 0) is 66.1 Å². The summed E-state index contributed by atoms with van der Waals surface area (Å²) in [7, 11) is 0. The number of hydrogen-bond donors (Lipinski definition) is 1. The lowest BCUT2D eigenvalue weighted by molar-refractivity contribution is 0.273. The van der Waals surface area contributed by atoms with E-state index in [0.717, 1.165) is 27.0 Å². The molecule has 1 heterocycles. The van der Waals surface area contributed by atoms with Crippen LogP contribution in [0.4, 0.5) is 5.69 Å². The number of aryl methyl sites for hydroxylation is 1. The fourth-order valence-corrected chi connectivity index (χ4v) is 4.52. The molecule has 1 N–H and O–H groups in total. The molecule has 0 atom stereocenters. The fourth-order valence-electron chi connectivity index (χ4n) is 2.96. The molecule has 20 heavy (non-hydrogen) atoms. The summed E-state index contributed by atoms with van der Waals surface area (Å²) in [6.45, 7) is 4.48. The van der Waals surface area contributed by atoms with Crippen molar-refractivity contribution in [1.82, 2.24) is 0 Å². The van der Waals surface area contributed by atoms with Gasteiger partial charge in [0.2, 0.25) is 0 Å². The molecule has 2 nitrogen and oxygen atoms in total. The number of rotatable bonds is 1. The Morgan fingerprint density at radius 3 is 2.85 bits per heavy atom. The Hall–Kier alpha value is -0.480. The number of halogens is 1. The number of aliphatic imine (C=N–C) groups is 1. The molecule has 0 unspecified atom stereocenters. The minimum absolute atomic E-state index is 0.218. The molecule has 3 rings (SSSR count). The summed E-state index contributed by atoms with van der Waals surface area (Å²) < 4.78 is 1.14. The van der Waals surface area contributed by atoms with Crippen molar-refractivity contribution < 1.29 is 0 Å². The third-order valence-electron chi connectivity index (χ3n) is 4.45. The van der Waals surface area contributed by atoms with Crippen LogP contribution >= 0.6 is 27.7 Å². The van der Waals surface area contributed by atoms with Crippen LogP contribution in [-0.4, -0.2) is 16.5 Å². The minimum Gasteiger partial charge on any atom is -0.334 e. The zero-order valence-electron chi connectivity index (χ0n) is 12.1. The Bertz CT molecular complexity index is 533. The number of anilines is 1. The molecule has 1 fully saturated rings. The predicted molar refractivity (Wildman–Crippen MR) is 92.8 cm³/mol. The van der Waals surface area contributed by atoms with E-state index < -0.39 is 0 Å². The molecule has 1 aliphatic heterocycles. The van der Waals surface area contributed by atoms with E-state index in [4.69, 9.17) is 4.99 Å². The average molecular weight is 353 g/mol. The first-order valence-corrected chi connectivity index (χ1v) is 9.11. The van der Waals surface area contributed by atoms with E-state index in [2.05, 4.69) is 53.3 Å². The van der Waals surface area contributed by atoms with Crippen molar-refractivity contribution in [3.63, 3.8) is 0 Å². The lowest BCUT2D eigenvalue weighted by Gasteiger charge is -2.32. The predicted octanol–water partition coefficient (Wildman–Crippen LogP) is 5.22. The first-order valence-electron chi connectivity index (χ1n) is 7.33. The molecule has 0 radical (unpaired) electrons. The highest BCUT2D eigenvalue weighted by atomic mass is 79.9. The van der Waals surface area contributed by atoms with Crippen molar-refractivity contribution in [2.24, 2.45) is 10.9 Å². The Morgan fingerprint density at radius 2 is 2.10 bits per heavy atom. The summed E-state index contributed by atoms with van der Waals surface area (Å²) in [6.07, 6.45) is 5.15. The second-order valence-corrected chi connectivity index (χ2v) is 7.93. The number of amidine groups is 1. The van der Waals surface area contributed by atoms with Crippen LogP contribution in [0.25, 0.3) is 0 Å². The Kier molecular flexibility index (Phi) is 4.14. The van der Waals surface area contributed by atoms with Gasteiger partial charge in [-0.2, -0.15) is 0 Å². The number of nitrogens with zero attached hydrogens (tertiary/aromatic N) is 1. The van der Waals surface area contributed by atoms with Gasteiger partial charge < -0.3 is 5.32 Å². The molecule has 0 saturated heterocycles. The maximum atomic E-state index is 5.03. The van der Waals surface area contributed by atoms with Gasteiger partial charge in [-0.3, -0.25) is 4.99 Å². The van der Waals surface area contributed by atoms with Gasteiger partial charge in [0.1, 0.15) is 0 Å². The highest BCUT2D eigenvalue weighted by Gasteiger charge is 2.38. The maximum absolute atomic E-state index is 5.03. The van der Waals surface area contributed by atoms with Gasteiger partial charge in [-0.25, -0.2) is 0 Å². The van der Waals surface area contributed by atoms with Gasteiger partial charge in [-0.1, -0.05) is 30.8 Å². The van der Waals surface area contributed by atoms with Crippen LogP contribution in [0.3, 0.4) is 0 Å². The van der Waals surface area contributed by atoms with E-state index >= 15 is 0 Å². The Labute approximate surface area is 134 Å². The van der Waals surface area contributed by atoms with Crippen LogP contribution in [0.1, 0.15) is 38.2 Å². The van der Waals surface area contributed by atoms with Crippen LogP contribution in [0.5, 0.6) is 0 Å². The van der Waals surface area contributed by atoms with E-state index in [1.165, 1.54) is 31.2 Å². The smallest absolute Gasteiger partial charge is 0.161 e. The maximum Gasteiger partial charge on any atom is 0.161 e. The first kappa shape index (κ1) is 14.5. The van der Waals surface area contributed by atoms with Crippen molar-refractivity contribution in [1.29, 1.82) is 0 Å². The van der Waals surface area contributed by atoms with Crippen LogP contribution in [0, 0.1) is 12.8 Å². The van der Waals surface area contributed by atoms with Gasteiger partial charge in [0, 0.05) is 10.2 Å². The molecule has 1 aliphatic carbocycles. The summed E-state index contributed by atoms with van der Waals surface area (Å²) in [5.74, 6) is 2.02. The number of nitrogens with one attached hydrogen (secondary N) is 1. The van der Waals surface area contributed by atoms with Gasteiger partial charge in [0.15, 0.2) is 5.17 Å². The molecule has 0 bridgehead atoms. The lowest BCUT2D eigenvalue weighted by Crippen LogP contribution is -2.32. The third kappa shape index (κ3) is 2.91. The molecular weight excluding hydrogens is 332 g/mol. The van der Waals surface area contributed by atoms with E-state index in [-0.39, 0.29) is 5.54 Å². The normalized spacial score (nSPS) is 29.6. The van der Waals surface area contributed by atoms with Crippen LogP contribution in [0.15, 0.2) is 27.7 Å². The second kappa shape index (κ2) is 5.72. The first-order chi connectivity index (χ1) is 9.58. The molecule has 0 aromatic heterocycles. The van der Waals surface area contributed by atoms with Crippen molar-refractivity contribution in [3.05, 3.63) is 28.2 Å². The van der Waals surface area contributed by atoms with E-state index in [0.29, 0.717) is 0 Å². The average Bonchev–Trinajstić information content (AvgIpc) is 2.82. The molecule has 1 aromatic carbocycles. The summed E-state index contributed by atoms with van der Waals surface area (Å²) in [5, 5.41) is 4.59. The molecule has 108 valence electrons. The van der Waals surface area contributed by atoms with E-state index in [9.17, 15) is 0 Å². The van der Waals surface area contributed by atoms with Gasteiger partial charge in [-0.15, -0.1) is 0 Å². The summed E-state index contributed by atoms with van der Waals surface area (Å²) in [4.78, 5) is 5.03. The Balaban J connectivity index is 1.74. The molecule has 0 amide bonds. The second-order valence-electron chi connectivity index (χ2n) is 6.17.